The molecular formula is C9H23NO5S2Si. The Morgan fingerprint density at radius 2 is 1.67 bits per heavy atom. The first kappa shape index (κ1) is 18.4. The minimum Gasteiger partial charge on any atom is -0.377 e. The molecule has 0 aromatic heterocycles. The maximum Gasteiger partial charge on any atom is 0.500 e. The third-order valence-corrected chi connectivity index (χ3v) is 7.10. The van der Waals surface area contributed by atoms with E-state index in [9.17, 15) is 8.42 Å². The molecule has 0 spiro atoms. The molecule has 0 fully saturated rings. The van der Waals surface area contributed by atoms with Crippen LogP contribution in [0.25, 0.3) is 0 Å². The van der Waals surface area contributed by atoms with Crippen LogP contribution in [0, 0.1) is 0 Å². The second-order valence-electron chi connectivity index (χ2n) is 3.69. The van der Waals surface area contributed by atoms with Gasteiger partial charge in [-0.15, -0.1) is 0 Å². The summed E-state index contributed by atoms with van der Waals surface area (Å²) in [6, 6.07) is 0.575. The Hall–Kier alpha value is 0.357. The molecule has 0 aromatic carbocycles. The molecule has 0 bridgehead atoms. The number of sulfonamides is 1. The van der Waals surface area contributed by atoms with Crippen LogP contribution in [-0.4, -0.2) is 56.6 Å². The summed E-state index contributed by atoms with van der Waals surface area (Å²) in [4.78, 5) is 0. The Morgan fingerprint density at radius 3 is 2.11 bits per heavy atom. The molecule has 18 heavy (non-hydrogen) atoms. The van der Waals surface area contributed by atoms with Gasteiger partial charge >= 0.3 is 8.80 Å². The summed E-state index contributed by atoms with van der Waals surface area (Å²) in [6.07, 6.45) is 1.16. The highest BCUT2D eigenvalue weighted by atomic mass is 32.2. The van der Waals surface area contributed by atoms with E-state index in [1.807, 2.05) is 0 Å². The Labute approximate surface area is 116 Å². The molecule has 0 heterocycles. The van der Waals surface area contributed by atoms with Crippen LogP contribution < -0.4 is 4.72 Å². The fourth-order valence-corrected chi connectivity index (χ4v) is 4.63. The van der Waals surface area contributed by atoms with Gasteiger partial charge in [0.2, 0.25) is 10.0 Å². The van der Waals surface area contributed by atoms with Crippen molar-refractivity contribution in [2.45, 2.75) is 18.9 Å². The van der Waals surface area contributed by atoms with Crippen molar-refractivity contribution in [1.29, 1.82) is 0 Å². The lowest BCUT2D eigenvalue weighted by molar-refractivity contribution is 0.123. The largest absolute Gasteiger partial charge is 0.500 e. The van der Waals surface area contributed by atoms with Crippen molar-refractivity contribution in [3.8, 4) is 0 Å². The molecule has 0 radical (unpaired) electrons. The molecule has 0 aliphatic heterocycles. The van der Waals surface area contributed by atoms with Gasteiger partial charge in [0.25, 0.3) is 0 Å². The van der Waals surface area contributed by atoms with Gasteiger partial charge in [-0.2, -0.15) is 12.6 Å². The first-order chi connectivity index (χ1) is 8.45. The van der Waals surface area contributed by atoms with Crippen LogP contribution in [0.5, 0.6) is 0 Å². The highest BCUT2D eigenvalue weighted by Gasteiger charge is 2.36. The summed E-state index contributed by atoms with van der Waals surface area (Å²) in [7, 11) is -1.16. The summed E-state index contributed by atoms with van der Waals surface area (Å²) in [5.41, 5.74) is 0. The van der Waals surface area contributed by atoms with Crippen molar-refractivity contribution in [2.75, 3.05) is 39.4 Å². The second-order valence-corrected chi connectivity index (χ2v) is 9.15. The number of hydrogen-bond acceptors (Lipinski definition) is 6. The smallest absolute Gasteiger partial charge is 0.377 e. The summed E-state index contributed by atoms with van der Waals surface area (Å²) >= 11 is 3.98. The molecule has 0 amide bonds. The quantitative estimate of drug-likeness (QED) is 0.330. The zero-order valence-electron chi connectivity index (χ0n) is 11.1. The number of nitrogens with one attached hydrogen (secondary N) is 1. The van der Waals surface area contributed by atoms with Gasteiger partial charge in [0.15, 0.2) is 0 Å². The van der Waals surface area contributed by atoms with E-state index in [1.165, 1.54) is 21.3 Å². The summed E-state index contributed by atoms with van der Waals surface area (Å²) in [5, 5.41) is 0. The Morgan fingerprint density at radius 1 is 1.11 bits per heavy atom. The fourth-order valence-electron chi connectivity index (χ4n) is 1.42. The van der Waals surface area contributed by atoms with Crippen LogP contribution in [0.3, 0.4) is 0 Å². The van der Waals surface area contributed by atoms with E-state index >= 15 is 0 Å². The highest BCUT2D eigenvalue weighted by Crippen LogP contribution is 2.14. The minimum atomic E-state index is -3.19. The Bertz CT molecular complexity index is 300. The standard InChI is InChI=1S/C9H23NO5S2Si/c1-13-18(14-2,15-3)9-4-6-10-17(11,12)8-5-7-16/h10,16H,4-9H2,1-3H3. The van der Waals surface area contributed by atoms with Gasteiger partial charge in [-0.1, -0.05) is 0 Å². The van der Waals surface area contributed by atoms with Gasteiger partial charge in [0, 0.05) is 33.9 Å². The lowest BCUT2D eigenvalue weighted by Crippen LogP contribution is -2.43. The monoisotopic (exact) mass is 317 g/mol. The van der Waals surface area contributed by atoms with Crippen LogP contribution in [0.15, 0.2) is 0 Å². The van der Waals surface area contributed by atoms with E-state index in [1.54, 1.807) is 0 Å². The lowest BCUT2D eigenvalue weighted by Gasteiger charge is -2.24. The number of rotatable bonds is 11. The Kier molecular flexibility index (Phi) is 9.47. The number of hydrogen-bond donors (Lipinski definition) is 2. The van der Waals surface area contributed by atoms with Gasteiger partial charge in [-0.05, 0) is 18.6 Å². The lowest BCUT2D eigenvalue weighted by atomic mass is 10.5. The summed E-state index contributed by atoms with van der Waals surface area (Å²) in [5.74, 6) is 0.672. The number of thiol groups is 1. The first-order valence-electron chi connectivity index (χ1n) is 5.69. The van der Waals surface area contributed by atoms with Crippen molar-refractivity contribution >= 4 is 31.5 Å². The van der Waals surface area contributed by atoms with Gasteiger partial charge < -0.3 is 13.3 Å². The van der Waals surface area contributed by atoms with Gasteiger partial charge in [-0.25, -0.2) is 13.1 Å². The molecule has 0 unspecified atom stereocenters. The van der Waals surface area contributed by atoms with Crippen LogP contribution in [0.1, 0.15) is 12.8 Å². The average Bonchev–Trinajstić information content (AvgIpc) is 2.38. The van der Waals surface area contributed by atoms with E-state index < -0.39 is 18.8 Å². The molecule has 110 valence electrons. The molecule has 0 saturated heterocycles. The van der Waals surface area contributed by atoms with Gasteiger partial charge in [0.1, 0.15) is 0 Å². The molecule has 0 saturated carbocycles. The van der Waals surface area contributed by atoms with E-state index in [0.717, 1.165) is 0 Å². The predicted molar refractivity (Wildman–Crippen MR) is 76.5 cm³/mol. The summed E-state index contributed by atoms with van der Waals surface area (Å²) in [6.45, 7) is 0.361. The topological polar surface area (TPSA) is 73.9 Å². The van der Waals surface area contributed by atoms with Crippen LogP contribution in [-0.2, 0) is 23.3 Å². The first-order valence-corrected chi connectivity index (χ1v) is 9.90. The van der Waals surface area contributed by atoms with Crippen molar-refractivity contribution in [3.05, 3.63) is 0 Å². The van der Waals surface area contributed by atoms with Crippen LogP contribution in [0.2, 0.25) is 6.04 Å². The third-order valence-electron chi connectivity index (χ3n) is 2.49. The second kappa shape index (κ2) is 9.29. The fraction of sp³-hybridized carbons (Fsp3) is 1.00. The normalized spacial score (nSPS) is 12.9. The molecule has 0 atom stereocenters. The van der Waals surface area contributed by atoms with Crippen molar-refractivity contribution < 1.29 is 21.7 Å². The minimum absolute atomic E-state index is 0.109. The maximum atomic E-state index is 11.5. The van der Waals surface area contributed by atoms with E-state index in [-0.39, 0.29) is 5.75 Å². The highest BCUT2D eigenvalue weighted by molar-refractivity contribution is 7.89. The molecule has 0 aliphatic rings. The third kappa shape index (κ3) is 7.07. The zero-order chi connectivity index (χ0) is 14.1. The van der Waals surface area contributed by atoms with E-state index in [0.29, 0.717) is 31.2 Å². The molecule has 1 N–H and O–H groups in total. The molecule has 0 aliphatic carbocycles. The Balaban J connectivity index is 3.98. The van der Waals surface area contributed by atoms with Gasteiger partial charge in [-0.3, -0.25) is 0 Å². The van der Waals surface area contributed by atoms with Gasteiger partial charge in [0.05, 0.1) is 5.75 Å². The summed E-state index contributed by atoms with van der Waals surface area (Å²) < 4.78 is 41.2. The average molecular weight is 318 g/mol. The molecular weight excluding hydrogens is 294 g/mol. The van der Waals surface area contributed by atoms with E-state index in [2.05, 4.69) is 17.4 Å². The van der Waals surface area contributed by atoms with Crippen molar-refractivity contribution in [2.24, 2.45) is 0 Å². The van der Waals surface area contributed by atoms with E-state index in [4.69, 9.17) is 13.3 Å². The molecule has 6 nitrogen and oxygen atoms in total. The van der Waals surface area contributed by atoms with Crippen LogP contribution in [0.4, 0.5) is 0 Å². The molecule has 0 aromatic rings. The molecule has 9 heteroatoms. The van der Waals surface area contributed by atoms with Crippen molar-refractivity contribution in [3.63, 3.8) is 0 Å². The maximum absolute atomic E-state index is 11.5. The van der Waals surface area contributed by atoms with Crippen molar-refractivity contribution in [1.82, 2.24) is 4.72 Å². The molecule has 0 rings (SSSR count). The van der Waals surface area contributed by atoms with Crippen LogP contribution >= 0.6 is 12.6 Å². The zero-order valence-corrected chi connectivity index (χ0v) is 13.9. The SMILES string of the molecule is CO[Si](CCCNS(=O)(=O)CCCS)(OC)OC. The predicted octanol–water partition coefficient (Wildman–Crippen LogP) is 0.494.